The number of aliphatic imine (C=N–C) groups is 2. The van der Waals surface area contributed by atoms with Crippen LogP contribution in [0.15, 0.2) is 69.7 Å². The maximum atomic E-state index is 13.6. The van der Waals surface area contributed by atoms with Crippen molar-refractivity contribution in [2.24, 2.45) is 9.98 Å². The quantitative estimate of drug-likeness (QED) is 0.0937. The topological polar surface area (TPSA) is 153 Å². The molecule has 3 aromatic rings. The highest BCUT2D eigenvalue weighted by Crippen LogP contribution is 2.41. The molecule has 1 N–H and O–H groups in total. The number of fused-ring (bicyclic) bond motifs is 4. The molecule has 0 radical (unpaired) electrons. The molecule has 15 heteroatoms. The molecule has 0 aliphatic carbocycles. The second-order valence-electron chi connectivity index (χ2n) is 15.8. The molecule has 0 unspecified atom stereocenters. The molecule has 5 heterocycles. The van der Waals surface area contributed by atoms with Gasteiger partial charge < -0.3 is 38.8 Å². The maximum absolute atomic E-state index is 13.6. The Bertz CT molecular complexity index is 2150. The molecule has 0 bridgehead atoms. The molecule has 2 atom stereocenters. The molecule has 4 aliphatic rings. The van der Waals surface area contributed by atoms with E-state index in [1.165, 1.54) is 25.4 Å². The number of allylic oxidation sites excluding steroid dienone is 2. The van der Waals surface area contributed by atoms with E-state index < -0.39 is 0 Å². The van der Waals surface area contributed by atoms with Crippen LogP contribution < -0.4 is 29.0 Å². The first-order valence-electron chi connectivity index (χ1n) is 20.2. The summed E-state index contributed by atoms with van der Waals surface area (Å²) in [5, 5.41) is 2.90. The van der Waals surface area contributed by atoms with Crippen LogP contribution in [0.25, 0.3) is 0 Å². The van der Waals surface area contributed by atoms with Crippen molar-refractivity contribution in [3.8, 4) is 28.7 Å². The molecule has 2 saturated heterocycles. The van der Waals surface area contributed by atoms with Crippen LogP contribution in [-0.4, -0.2) is 102 Å². The van der Waals surface area contributed by atoms with Gasteiger partial charge in [0.2, 0.25) is 5.91 Å². The molecule has 0 saturated carbocycles. The monoisotopic (exact) mass is 836 g/mol. The number of amides is 3. The number of methoxy groups -OCH3 is 2. The second-order valence-corrected chi connectivity index (χ2v) is 17.0. The molecule has 4 aliphatic heterocycles. The Morgan fingerprint density at radius 1 is 0.783 bits per heavy atom. The molecule has 316 valence electrons. The van der Waals surface area contributed by atoms with E-state index in [0.29, 0.717) is 95.1 Å². The van der Waals surface area contributed by atoms with Gasteiger partial charge >= 0.3 is 0 Å². The summed E-state index contributed by atoms with van der Waals surface area (Å²) in [4.78, 5) is 57.6. The van der Waals surface area contributed by atoms with E-state index in [2.05, 4.69) is 30.1 Å². The van der Waals surface area contributed by atoms with E-state index in [4.69, 9.17) is 38.7 Å². The Morgan fingerprint density at radius 2 is 1.28 bits per heavy atom. The van der Waals surface area contributed by atoms with Gasteiger partial charge in [-0.05, 0) is 45.2 Å². The highest BCUT2D eigenvalue weighted by molar-refractivity contribution is 7.81. The predicted molar refractivity (Wildman–Crippen MR) is 232 cm³/mol. The van der Waals surface area contributed by atoms with Crippen molar-refractivity contribution >= 4 is 54.2 Å². The third-order valence-electron chi connectivity index (χ3n) is 10.9. The van der Waals surface area contributed by atoms with Gasteiger partial charge in [0, 0.05) is 61.0 Å². The molecular formula is C45H52N6O8S. The summed E-state index contributed by atoms with van der Waals surface area (Å²) in [5.74, 6) is 1.74. The van der Waals surface area contributed by atoms with Crippen LogP contribution in [-0.2, 0) is 18.0 Å². The van der Waals surface area contributed by atoms with E-state index in [1.54, 1.807) is 36.4 Å². The van der Waals surface area contributed by atoms with Gasteiger partial charge in [-0.3, -0.25) is 29.4 Å². The largest absolute Gasteiger partial charge is 0.493 e. The predicted octanol–water partition coefficient (Wildman–Crippen LogP) is 6.99. The number of nitrogens with one attached hydrogen (secondary N) is 1. The molecule has 1 aromatic heterocycles. The fourth-order valence-electron chi connectivity index (χ4n) is 7.55. The molecule has 2 aromatic carbocycles. The number of ether oxygens (including phenoxy) is 5. The van der Waals surface area contributed by atoms with Crippen molar-refractivity contribution in [2.45, 2.75) is 83.4 Å². The molecular weight excluding hydrogens is 785 g/mol. The summed E-state index contributed by atoms with van der Waals surface area (Å²) in [6, 6.07) is 10.1. The molecule has 2 fully saturated rings. The lowest BCUT2D eigenvalue weighted by Gasteiger charge is -2.20. The summed E-state index contributed by atoms with van der Waals surface area (Å²) in [7, 11) is 3.05. The maximum Gasteiger partial charge on any atom is 0.257 e. The zero-order chi connectivity index (χ0) is 42.6. The van der Waals surface area contributed by atoms with Gasteiger partial charge in [0.25, 0.3) is 11.8 Å². The number of hydrogen-bond acceptors (Lipinski definition) is 12. The highest BCUT2D eigenvalue weighted by Gasteiger charge is 2.36. The summed E-state index contributed by atoms with van der Waals surface area (Å²) in [5.41, 5.74) is 5.31. The number of thiol groups is 1. The summed E-state index contributed by atoms with van der Waals surface area (Å²) >= 11 is 4.51. The van der Waals surface area contributed by atoms with E-state index in [1.807, 2.05) is 49.9 Å². The minimum absolute atomic E-state index is 0.0122. The Balaban J connectivity index is 1.10. The molecule has 14 nitrogen and oxygen atoms in total. The van der Waals surface area contributed by atoms with Crippen LogP contribution >= 0.6 is 12.6 Å². The van der Waals surface area contributed by atoms with E-state index in [0.717, 1.165) is 12.8 Å². The first kappa shape index (κ1) is 42.3. The van der Waals surface area contributed by atoms with Crippen LogP contribution in [0.5, 0.6) is 28.7 Å². The average molecular weight is 837 g/mol. The van der Waals surface area contributed by atoms with E-state index in [-0.39, 0.29) is 54.4 Å². The van der Waals surface area contributed by atoms with Crippen molar-refractivity contribution in [1.29, 1.82) is 0 Å². The van der Waals surface area contributed by atoms with Gasteiger partial charge in [-0.1, -0.05) is 37.1 Å². The van der Waals surface area contributed by atoms with Crippen molar-refractivity contribution in [2.75, 3.05) is 40.5 Å². The Labute approximate surface area is 356 Å². The van der Waals surface area contributed by atoms with Gasteiger partial charge in [-0.2, -0.15) is 12.6 Å². The van der Waals surface area contributed by atoms with Crippen LogP contribution in [0.1, 0.15) is 85.5 Å². The fourth-order valence-corrected chi connectivity index (χ4v) is 7.66. The Morgan fingerprint density at radius 3 is 1.73 bits per heavy atom. The Hall–Kier alpha value is -5.83. The molecule has 3 amide bonds. The number of hydrogen-bond donors (Lipinski definition) is 2. The first-order chi connectivity index (χ1) is 28.9. The van der Waals surface area contributed by atoms with Gasteiger partial charge in [0.15, 0.2) is 23.0 Å². The van der Waals surface area contributed by atoms with Gasteiger partial charge in [0.1, 0.15) is 25.6 Å². The zero-order valence-electron chi connectivity index (χ0n) is 34.9. The van der Waals surface area contributed by atoms with Gasteiger partial charge in [-0.25, -0.2) is 0 Å². The van der Waals surface area contributed by atoms with E-state index >= 15 is 0 Å². The van der Waals surface area contributed by atoms with Crippen molar-refractivity contribution in [1.82, 2.24) is 20.1 Å². The average Bonchev–Trinajstić information content (AvgIpc) is 3.81. The van der Waals surface area contributed by atoms with Crippen LogP contribution in [0, 0.1) is 0 Å². The SMILES string of the molecule is CC=C1C[C@H]2C=Nc3cc(OCc4cc(OCCNC(=O)CCC(C)(C)S)cc(COc5cc6c(cc5OC)C(=O)N5CC(=CC)C[C@H]5C=N6)n4)c(OC)cc3C(=O)N2C1. The number of rotatable bonds is 15. The molecule has 0 spiro atoms. The number of carbonyl (C=O) groups is 3. The number of benzene rings is 2. The number of aromatic nitrogens is 1. The number of carbonyl (C=O) groups excluding carboxylic acids is 3. The lowest BCUT2D eigenvalue weighted by atomic mass is 10.1. The lowest BCUT2D eigenvalue weighted by Crippen LogP contribution is -2.35. The molecule has 60 heavy (non-hydrogen) atoms. The van der Waals surface area contributed by atoms with Crippen LogP contribution in [0.4, 0.5) is 11.4 Å². The summed E-state index contributed by atoms with van der Waals surface area (Å²) in [6.45, 7) is 9.56. The van der Waals surface area contributed by atoms with Crippen molar-refractivity contribution in [3.63, 3.8) is 0 Å². The van der Waals surface area contributed by atoms with Crippen LogP contribution in [0.2, 0.25) is 0 Å². The first-order valence-corrected chi connectivity index (χ1v) is 20.6. The number of pyridine rings is 1. The summed E-state index contributed by atoms with van der Waals surface area (Å²) < 4.78 is 29.9. The van der Waals surface area contributed by atoms with Gasteiger partial charge in [0.05, 0.1) is 66.7 Å². The van der Waals surface area contributed by atoms with Crippen molar-refractivity contribution in [3.05, 3.63) is 82.2 Å². The highest BCUT2D eigenvalue weighted by atomic mass is 32.1. The lowest BCUT2D eigenvalue weighted by molar-refractivity contribution is -0.121. The third kappa shape index (κ3) is 9.62. The standard InChI is InChI=1S/C45H52N6O8S/c1-7-27-13-31-21-47-36-19-40(38(55-5)17-34(36)43(53)50(31)23-27)58-25-29-15-33(57-12-11-46-42(52)9-10-45(3,4)60)16-30(49-29)26-59-41-20-37-35(18-39(41)56-6)44(54)51-24-28(8-2)14-32(51)22-48-37/h7-8,15-22,31-32,60H,9-14,23-26H2,1-6H3,(H,46,52)/t31-,32-/m0/s1. The fraction of sp³-hybridized carbons (Fsp3) is 0.422. The minimum Gasteiger partial charge on any atom is -0.493 e. The van der Waals surface area contributed by atoms with E-state index in [9.17, 15) is 14.4 Å². The third-order valence-corrected chi connectivity index (χ3v) is 11.2. The van der Waals surface area contributed by atoms with Gasteiger partial charge in [-0.15, -0.1) is 0 Å². The molecule has 7 rings (SSSR count). The zero-order valence-corrected chi connectivity index (χ0v) is 35.8. The summed E-state index contributed by atoms with van der Waals surface area (Å²) in [6.07, 6.45) is 10.2. The smallest absolute Gasteiger partial charge is 0.257 e. The van der Waals surface area contributed by atoms with Crippen molar-refractivity contribution < 1.29 is 38.1 Å². The number of nitrogens with zero attached hydrogens (tertiary/aromatic N) is 5. The second kappa shape index (κ2) is 18.2. The van der Waals surface area contributed by atoms with Crippen LogP contribution in [0.3, 0.4) is 0 Å². The Kier molecular flexibility index (Phi) is 12.8. The minimum atomic E-state index is -0.246. The normalized spacial score (nSPS) is 19.4.